The zero-order valence-electron chi connectivity index (χ0n) is 15.2. The van der Waals surface area contributed by atoms with Crippen LogP contribution >= 0.6 is 0 Å². The zero-order chi connectivity index (χ0) is 18.8. The van der Waals surface area contributed by atoms with Crippen LogP contribution in [0.2, 0.25) is 0 Å². The van der Waals surface area contributed by atoms with Gasteiger partial charge in [0.15, 0.2) is 0 Å². The molecule has 6 heteroatoms. The van der Waals surface area contributed by atoms with Crippen molar-refractivity contribution in [1.82, 2.24) is 30.0 Å². The van der Waals surface area contributed by atoms with E-state index in [9.17, 15) is 0 Å². The Labute approximate surface area is 162 Å². The van der Waals surface area contributed by atoms with Crippen LogP contribution in [0.15, 0.2) is 60.7 Å². The molecule has 2 heterocycles. The van der Waals surface area contributed by atoms with Crippen molar-refractivity contribution in [1.29, 1.82) is 0 Å². The second kappa shape index (κ2) is 7.08. The molecule has 0 N–H and O–H groups in total. The normalized spacial score (nSPS) is 12.3. The lowest BCUT2D eigenvalue weighted by atomic mass is 10.1. The topological polar surface area (TPSA) is 61.4 Å². The van der Waals surface area contributed by atoms with Crippen LogP contribution in [0.4, 0.5) is 0 Å². The van der Waals surface area contributed by atoms with Gasteiger partial charge < -0.3 is 0 Å². The number of hydrogen-bond acceptors (Lipinski definition) is 4. The molecule has 2 aromatic heterocycles. The van der Waals surface area contributed by atoms with Crippen LogP contribution in [0.1, 0.15) is 33.9 Å². The molecule has 1 aliphatic rings. The molecule has 4 aromatic rings. The molecule has 0 saturated carbocycles. The van der Waals surface area contributed by atoms with Crippen molar-refractivity contribution in [3.63, 3.8) is 0 Å². The van der Waals surface area contributed by atoms with E-state index < -0.39 is 0 Å². The van der Waals surface area contributed by atoms with E-state index in [1.54, 1.807) is 0 Å². The first-order chi connectivity index (χ1) is 13.9. The van der Waals surface area contributed by atoms with E-state index in [0.29, 0.717) is 13.1 Å². The number of nitrogens with zero attached hydrogens (tertiary/aromatic N) is 6. The fourth-order valence-corrected chi connectivity index (χ4v) is 3.31. The van der Waals surface area contributed by atoms with Crippen molar-refractivity contribution in [2.24, 2.45) is 0 Å². The Kier molecular flexibility index (Phi) is 4.14. The Bertz CT molecular complexity index is 1060. The van der Waals surface area contributed by atoms with Crippen molar-refractivity contribution in [3.8, 4) is 0 Å². The molecule has 0 amide bonds. The van der Waals surface area contributed by atoms with Gasteiger partial charge in [-0.15, -0.1) is 10.2 Å². The van der Waals surface area contributed by atoms with Crippen LogP contribution in [0, 0.1) is 0 Å². The predicted octanol–water partition coefficient (Wildman–Crippen LogP) is 3.62. The molecule has 0 bridgehead atoms. The maximum absolute atomic E-state index is 4.35. The molecule has 2 aromatic carbocycles. The van der Waals surface area contributed by atoms with Crippen LogP contribution < -0.4 is 0 Å². The van der Waals surface area contributed by atoms with Crippen molar-refractivity contribution < 1.29 is 0 Å². The number of fused-ring (bicyclic) bond motifs is 2. The Morgan fingerprint density at radius 1 is 0.536 bits per heavy atom. The third-order valence-corrected chi connectivity index (χ3v) is 4.75. The summed E-state index contributed by atoms with van der Waals surface area (Å²) in [6, 6.07) is 20.5. The standard InChI is InChI=1S/C22H18N6/c1-3-7-17(8-4-1)15-27-21-13-11-20-22(14-12-19(21)23-25-27)28(26-24-20)16-18-9-5-2-6-10-18/h1-14H,15-16H2. The minimum absolute atomic E-state index is 0.676. The van der Waals surface area contributed by atoms with E-state index in [-0.39, 0.29) is 0 Å². The molecule has 0 fully saturated rings. The van der Waals surface area contributed by atoms with E-state index in [1.807, 2.05) is 70.1 Å². The number of hydrogen-bond donors (Lipinski definition) is 0. The summed E-state index contributed by atoms with van der Waals surface area (Å²) in [5, 5.41) is 17.4. The van der Waals surface area contributed by atoms with Gasteiger partial charge in [0, 0.05) is 0 Å². The summed E-state index contributed by atoms with van der Waals surface area (Å²) in [7, 11) is 0. The largest absolute Gasteiger partial charge is 0.240 e. The van der Waals surface area contributed by atoms with Gasteiger partial charge in [-0.3, -0.25) is 0 Å². The molecule has 28 heavy (non-hydrogen) atoms. The first kappa shape index (κ1) is 16.4. The number of benzene rings is 2. The minimum Gasteiger partial charge on any atom is -0.240 e. The molecule has 0 radical (unpaired) electrons. The number of rotatable bonds is 4. The lowest BCUT2D eigenvalue weighted by Gasteiger charge is -2.06. The average molecular weight is 366 g/mol. The van der Waals surface area contributed by atoms with E-state index in [0.717, 1.165) is 22.8 Å². The second-order valence-electron chi connectivity index (χ2n) is 6.67. The quantitative estimate of drug-likeness (QED) is 0.487. The molecule has 1 aliphatic carbocycles. The summed E-state index contributed by atoms with van der Waals surface area (Å²) in [4.78, 5) is 0. The lowest BCUT2D eigenvalue weighted by Crippen LogP contribution is -2.05. The molecular weight excluding hydrogens is 348 g/mol. The minimum atomic E-state index is 0.676. The maximum atomic E-state index is 4.35. The highest BCUT2D eigenvalue weighted by atomic mass is 15.4. The maximum Gasteiger partial charge on any atom is 0.113 e. The fraction of sp³-hybridized carbons (Fsp3) is 0.0909. The van der Waals surface area contributed by atoms with Gasteiger partial charge in [0.2, 0.25) is 0 Å². The fourth-order valence-electron chi connectivity index (χ4n) is 3.31. The zero-order valence-corrected chi connectivity index (χ0v) is 15.2. The summed E-state index contributed by atoms with van der Waals surface area (Å²) >= 11 is 0. The monoisotopic (exact) mass is 366 g/mol. The molecule has 5 rings (SSSR count). The van der Waals surface area contributed by atoms with Crippen LogP contribution in [0.3, 0.4) is 0 Å². The van der Waals surface area contributed by atoms with Gasteiger partial charge in [-0.2, -0.15) is 0 Å². The van der Waals surface area contributed by atoms with Crippen molar-refractivity contribution in [2.75, 3.05) is 0 Å². The van der Waals surface area contributed by atoms with Gasteiger partial charge in [0.1, 0.15) is 11.4 Å². The molecule has 0 aliphatic heterocycles. The van der Waals surface area contributed by atoms with Crippen molar-refractivity contribution >= 4 is 24.3 Å². The van der Waals surface area contributed by atoms with Crippen LogP contribution in [-0.4, -0.2) is 30.0 Å². The predicted molar refractivity (Wildman–Crippen MR) is 109 cm³/mol. The molecule has 136 valence electrons. The summed E-state index contributed by atoms with van der Waals surface area (Å²) in [5.74, 6) is 0. The van der Waals surface area contributed by atoms with Gasteiger partial charge in [0.25, 0.3) is 0 Å². The molecule has 0 unspecified atom stereocenters. The Hall–Kier alpha value is -3.80. The van der Waals surface area contributed by atoms with E-state index >= 15 is 0 Å². The van der Waals surface area contributed by atoms with Gasteiger partial charge in [-0.1, -0.05) is 71.1 Å². The van der Waals surface area contributed by atoms with Gasteiger partial charge in [-0.05, 0) is 35.4 Å². The van der Waals surface area contributed by atoms with Gasteiger partial charge >= 0.3 is 0 Å². The summed E-state index contributed by atoms with van der Waals surface area (Å²) < 4.78 is 3.82. The molecule has 6 nitrogen and oxygen atoms in total. The Balaban J connectivity index is 1.46. The number of aromatic nitrogens is 6. The van der Waals surface area contributed by atoms with E-state index in [1.165, 1.54) is 11.1 Å². The molecule has 0 saturated heterocycles. The van der Waals surface area contributed by atoms with Crippen LogP contribution in [0.25, 0.3) is 24.3 Å². The van der Waals surface area contributed by atoms with Crippen LogP contribution in [0.5, 0.6) is 0 Å². The average Bonchev–Trinajstić information content (AvgIpc) is 3.27. The molecule has 0 spiro atoms. The van der Waals surface area contributed by atoms with Gasteiger partial charge in [0.05, 0.1) is 24.5 Å². The third-order valence-electron chi connectivity index (χ3n) is 4.75. The van der Waals surface area contributed by atoms with Crippen molar-refractivity contribution in [2.45, 2.75) is 13.1 Å². The van der Waals surface area contributed by atoms with E-state index in [2.05, 4.69) is 44.9 Å². The van der Waals surface area contributed by atoms with Crippen molar-refractivity contribution in [3.05, 3.63) is 94.6 Å². The Morgan fingerprint density at radius 2 is 0.964 bits per heavy atom. The summed E-state index contributed by atoms with van der Waals surface area (Å²) in [6.07, 6.45) is 8.00. The Morgan fingerprint density at radius 3 is 1.39 bits per heavy atom. The first-order valence-electron chi connectivity index (χ1n) is 9.18. The highest BCUT2D eigenvalue weighted by Crippen LogP contribution is 2.21. The summed E-state index contributed by atoms with van der Waals surface area (Å²) in [6.45, 7) is 1.35. The highest BCUT2D eigenvalue weighted by Gasteiger charge is 2.14. The van der Waals surface area contributed by atoms with E-state index in [4.69, 9.17) is 0 Å². The smallest absolute Gasteiger partial charge is 0.113 e. The molecular formula is C22H18N6. The van der Waals surface area contributed by atoms with Crippen LogP contribution in [-0.2, 0) is 13.1 Å². The van der Waals surface area contributed by atoms with Gasteiger partial charge in [-0.25, -0.2) is 9.36 Å². The lowest BCUT2D eigenvalue weighted by molar-refractivity contribution is 0.644. The summed E-state index contributed by atoms with van der Waals surface area (Å²) in [5.41, 5.74) is 5.97. The second-order valence-corrected chi connectivity index (χ2v) is 6.67. The molecule has 0 atom stereocenters. The first-order valence-corrected chi connectivity index (χ1v) is 9.18. The highest BCUT2D eigenvalue weighted by molar-refractivity contribution is 5.81. The third kappa shape index (κ3) is 3.16. The SMILES string of the molecule is C1=Cc2c(nnn2Cc2ccccc2)C=Cc2c1nnn2Cc1ccccc1.